The van der Waals surface area contributed by atoms with Gasteiger partial charge in [0.15, 0.2) is 0 Å². The van der Waals surface area contributed by atoms with Crippen LogP contribution in [0.5, 0.6) is 0 Å². The molecule has 19 heavy (non-hydrogen) atoms. The maximum atomic E-state index is 6.32. The van der Waals surface area contributed by atoms with E-state index in [0.717, 1.165) is 12.6 Å². The summed E-state index contributed by atoms with van der Waals surface area (Å²) in [7, 11) is 0. The van der Waals surface area contributed by atoms with Crippen LogP contribution in [-0.4, -0.2) is 23.5 Å². The molecule has 1 aromatic rings. The molecule has 1 aromatic carbocycles. The fraction of sp³-hybridized carbons (Fsp3) is 0.625. The van der Waals surface area contributed by atoms with E-state index in [1.165, 1.54) is 22.9 Å². The molecular formula is C16H25BrN2. The molecule has 1 fully saturated rings. The predicted octanol–water partition coefficient (Wildman–Crippen LogP) is 3.96. The molecule has 2 N–H and O–H groups in total. The Morgan fingerprint density at radius 2 is 1.89 bits per heavy atom. The first kappa shape index (κ1) is 15.0. The Bertz CT molecular complexity index is 413. The van der Waals surface area contributed by atoms with Crippen molar-refractivity contribution in [2.24, 2.45) is 11.7 Å². The maximum Gasteiger partial charge on any atom is 0.0510 e. The second-order valence-corrected chi connectivity index (χ2v) is 7.00. The molecule has 0 radical (unpaired) electrons. The number of nitrogens with two attached hydrogens (primary N) is 1. The second-order valence-electron chi connectivity index (χ2n) is 6.15. The summed E-state index contributed by atoms with van der Waals surface area (Å²) in [5, 5.41) is 0. The summed E-state index contributed by atoms with van der Waals surface area (Å²) in [5.74, 6) is 0.671. The minimum atomic E-state index is 0.137. The Morgan fingerprint density at radius 1 is 1.26 bits per heavy atom. The van der Waals surface area contributed by atoms with Crippen LogP contribution in [0.1, 0.15) is 45.2 Å². The van der Waals surface area contributed by atoms with Gasteiger partial charge in [0.1, 0.15) is 0 Å². The molecule has 1 aliphatic carbocycles. The van der Waals surface area contributed by atoms with Crippen LogP contribution in [0.3, 0.4) is 0 Å². The van der Waals surface area contributed by atoms with Crippen LogP contribution in [0.4, 0.5) is 0 Å². The van der Waals surface area contributed by atoms with Gasteiger partial charge in [-0.2, -0.15) is 0 Å². The average Bonchev–Trinajstić information content (AvgIpc) is 3.13. The van der Waals surface area contributed by atoms with Gasteiger partial charge in [-0.05, 0) is 37.3 Å². The number of rotatable bonds is 6. The van der Waals surface area contributed by atoms with E-state index < -0.39 is 0 Å². The molecule has 0 bridgehead atoms. The largest absolute Gasteiger partial charge is 0.326 e. The van der Waals surface area contributed by atoms with Crippen molar-refractivity contribution in [3.05, 3.63) is 34.3 Å². The minimum Gasteiger partial charge on any atom is -0.326 e. The summed E-state index contributed by atoms with van der Waals surface area (Å²) in [4.78, 5) is 2.62. The molecule has 2 atom stereocenters. The summed E-state index contributed by atoms with van der Waals surface area (Å²) in [6.07, 6.45) is 2.64. The van der Waals surface area contributed by atoms with Gasteiger partial charge < -0.3 is 5.73 Å². The third kappa shape index (κ3) is 3.80. The quantitative estimate of drug-likeness (QED) is 0.858. The topological polar surface area (TPSA) is 29.3 Å². The zero-order valence-corrected chi connectivity index (χ0v) is 13.7. The summed E-state index contributed by atoms with van der Waals surface area (Å²) < 4.78 is 1.17. The van der Waals surface area contributed by atoms with Crippen molar-refractivity contribution in [3.8, 4) is 0 Å². The van der Waals surface area contributed by atoms with Crippen LogP contribution in [0.25, 0.3) is 0 Å². The lowest BCUT2D eigenvalue weighted by Gasteiger charge is -2.36. The molecular weight excluding hydrogens is 300 g/mol. The molecule has 1 aliphatic rings. The highest BCUT2D eigenvalue weighted by molar-refractivity contribution is 9.10. The van der Waals surface area contributed by atoms with E-state index in [4.69, 9.17) is 5.73 Å². The molecule has 0 spiro atoms. The number of nitrogens with zero attached hydrogens (tertiary/aromatic N) is 1. The maximum absolute atomic E-state index is 6.32. The average molecular weight is 325 g/mol. The normalized spacial score (nSPS) is 18.9. The van der Waals surface area contributed by atoms with Crippen molar-refractivity contribution in [1.82, 2.24) is 4.90 Å². The lowest BCUT2D eigenvalue weighted by Crippen LogP contribution is -2.42. The number of hydrogen-bond acceptors (Lipinski definition) is 2. The molecule has 1 saturated carbocycles. The van der Waals surface area contributed by atoms with E-state index in [0.29, 0.717) is 12.0 Å². The van der Waals surface area contributed by atoms with Gasteiger partial charge in [-0.3, -0.25) is 4.90 Å². The Kier molecular flexibility index (Phi) is 5.04. The van der Waals surface area contributed by atoms with Crippen LogP contribution in [0, 0.1) is 5.92 Å². The van der Waals surface area contributed by atoms with Crippen molar-refractivity contribution >= 4 is 15.9 Å². The summed E-state index contributed by atoms with van der Waals surface area (Å²) in [5.41, 5.74) is 7.64. The van der Waals surface area contributed by atoms with Gasteiger partial charge in [0, 0.05) is 23.1 Å². The van der Waals surface area contributed by atoms with Crippen molar-refractivity contribution in [3.63, 3.8) is 0 Å². The first-order valence-corrected chi connectivity index (χ1v) is 8.05. The van der Waals surface area contributed by atoms with E-state index in [-0.39, 0.29) is 6.04 Å². The Morgan fingerprint density at radius 3 is 2.37 bits per heavy atom. The van der Waals surface area contributed by atoms with Crippen LogP contribution in [0.15, 0.2) is 28.7 Å². The predicted molar refractivity (Wildman–Crippen MR) is 85.1 cm³/mol. The zero-order chi connectivity index (χ0) is 14.0. The lowest BCUT2D eigenvalue weighted by atomic mass is 9.97. The third-order valence-electron chi connectivity index (χ3n) is 3.67. The molecule has 0 aromatic heterocycles. The molecule has 2 unspecified atom stereocenters. The number of hydrogen-bond donors (Lipinski definition) is 1. The Balaban J connectivity index is 2.30. The van der Waals surface area contributed by atoms with Gasteiger partial charge in [-0.1, -0.05) is 48.0 Å². The van der Waals surface area contributed by atoms with E-state index in [2.05, 4.69) is 65.9 Å². The molecule has 0 aliphatic heterocycles. The number of benzene rings is 1. The molecule has 2 nitrogen and oxygen atoms in total. The van der Waals surface area contributed by atoms with Crippen LogP contribution >= 0.6 is 15.9 Å². The van der Waals surface area contributed by atoms with Crippen molar-refractivity contribution < 1.29 is 0 Å². The summed E-state index contributed by atoms with van der Waals surface area (Å²) in [6, 6.07) is 9.67. The molecule has 0 amide bonds. The van der Waals surface area contributed by atoms with E-state index in [1.807, 2.05) is 0 Å². The third-order valence-corrected chi connectivity index (χ3v) is 4.39. The van der Waals surface area contributed by atoms with Crippen LogP contribution in [0.2, 0.25) is 0 Å². The molecule has 0 heterocycles. The first-order chi connectivity index (χ1) is 9.00. The standard InChI is InChI=1S/C16H25BrN2/c1-11(2)10-19(13-8-9-13)16(12(3)18)14-6-4-5-7-15(14)17/h4-7,11-13,16H,8-10,18H2,1-3H3. The van der Waals surface area contributed by atoms with Crippen molar-refractivity contribution in [2.75, 3.05) is 6.54 Å². The zero-order valence-electron chi connectivity index (χ0n) is 12.1. The van der Waals surface area contributed by atoms with Gasteiger partial charge in [0.2, 0.25) is 0 Å². The first-order valence-electron chi connectivity index (χ1n) is 7.26. The highest BCUT2D eigenvalue weighted by Gasteiger charge is 2.36. The molecule has 0 saturated heterocycles. The van der Waals surface area contributed by atoms with Gasteiger partial charge in [-0.15, -0.1) is 0 Å². The molecule has 106 valence electrons. The Labute approximate surface area is 125 Å². The van der Waals surface area contributed by atoms with Gasteiger partial charge in [-0.25, -0.2) is 0 Å². The Hall–Kier alpha value is -0.380. The highest BCUT2D eigenvalue weighted by Crippen LogP contribution is 2.38. The second kappa shape index (κ2) is 6.38. The highest BCUT2D eigenvalue weighted by atomic mass is 79.9. The van der Waals surface area contributed by atoms with Gasteiger partial charge >= 0.3 is 0 Å². The number of halogens is 1. The van der Waals surface area contributed by atoms with Crippen LogP contribution < -0.4 is 5.73 Å². The van der Waals surface area contributed by atoms with Gasteiger partial charge in [0.05, 0.1) is 6.04 Å². The van der Waals surface area contributed by atoms with E-state index in [1.54, 1.807) is 0 Å². The fourth-order valence-corrected chi connectivity index (χ4v) is 3.32. The van der Waals surface area contributed by atoms with Crippen LogP contribution in [-0.2, 0) is 0 Å². The minimum absolute atomic E-state index is 0.137. The summed E-state index contributed by atoms with van der Waals surface area (Å²) in [6.45, 7) is 7.82. The van der Waals surface area contributed by atoms with Crippen molar-refractivity contribution in [1.29, 1.82) is 0 Å². The lowest BCUT2D eigenvalue weighted by molar-refractivity contribution is 0.147. The van der Waals surface area contributed by atoms with Gasteiger partial charge in [0.25, 0.3) is 0 Å². The fourth-order valence-electron chi connectivity index (χ4n) is 2.80. The van der Waals surface area contributed by atoms with Crippen molar-refractivity contribution in [2.45, 2.75) is 51.7 Å². The molecule has 3 heteroatoms. The van der Waals surface area contributed by atoms with E-state index in [9.17, 15) is 0 Å². The smallest absolute Gasteiger partial charge is 0.0510 e. The summed E-state index contributed by atoms with van der Waals surface area (Å²) >= 11 is 3.69. The SMILES string of the molecule is CC(C)CN(C1CC1)C(c1ccccc1Br)C(C)N. The monoisotopic (exact) mass is 324 g/mol. The molecule has 2 rings (SSSR count). The van der Waals surface area contributed by atoms with E-state index >= 15 is 0 Å².